The summed E-state index contributed by atoms with van der Waals surface area (Å²) in [5, 5.41) is 19.5. The Balaban J connectivity index is 0.749. The Morgan fingerprint density at radius 2 is 0.926 bits per heavy atom. The number of ether oxygens (including phenoxy) is 6. The zero-order chi connectivity index (χ0) is 58.9. The van der Waals surface area contributed by atoms with Gasteiger partial charge in [0.2, 0.25) is 37.4 Å². The molecule has 4 aromatic carbocycles. The van der Waals surface area contributed by atoms with Crippen molar-refractivity contribution in [1.29, 1.82) is 0 Å². The Morgan fingerprint density at radius 3 is 1.26 bits per heavy atom. The van der Waals surface area contributed by atoms with E-state index in [1.54, 1.807) is 36.4 Å². The molecule has 0 spiro atoms. The van der Waals surface area contributed by atoms with Crippen molar-refractivity contribution in [2.45, 2.75) is 85.1 Å². The first-order chi connectivity index (χ1) is 38.5. The van der Waals surface area contributed by atoms with Gasteiger partial charge in [0.25, 0.3) is 0 Å². The van der Waals surface area contributed by atoms with Gasteiger partial charge >= 0.3 is 0 Å². The molecule has 2 amide bonds. The largest absolute Gasteiger partial charge is 0.484 e. The van der Waals surface area contributed by atoms with Crippen LogP contribution in [0.25, 0.3) is 0 Å². The number of halogens is 4. The SMILES string of the molecule is CN(C)[C@H]1Cc2c(Cl)cc(Cl)cc2[C@@H]1Oc1ccc(S(=O)(=O)NCCOCCOCCNC(=O)CCC(C)(CCC(=O)NCCOCCOCCNS(=O)(=O)c2ccc(O[C@H]3c4cc(Cl)cc(Cl)c4C[C@@H]3N(C)C)cc2)[N+](=O)[O-])cc1. The standard InChI is InChI=1S/C54H71Cl4N7O14S2/c1-54(65(68)69,16-14-50(66)59-18-22-74-26-28-76-24-20-61-80(70,71)40-10-6-38(7-11-40)78-52-44-30-36(55)32-46(57)42(44)34-48(52)63(2)3)17-15-51(67)60-19-23-75-27-29-77-25-21-62-81(72,73)41-12-8-39(9-13-41)79-53-45-31-37(56)33-47(58)43(45)35-49(53)64(4)5/h6-13,30-33,48-49,52-53,61-62H,14-29,34-35H2,1-5H3,(H,59,66)(H,60,67)/t48-,49-,52-,53-/m0/s1. The fraction of sp³-hybridized carbons (Fsp3) is 0.519. The lowest BCUT2D eigenvalue weighted by molar-refractivity contribution is -0.567. The van der Waals surface area contributed by atoms with Crippen LogP contribution in [0.4, 0.5) is 0 Å². The number of nitrogens with zero attached hydrogens (tertiary/aromatic N) is 3. The maximum Gasteiger partial charge on any atom is 0.240 e. The highest BCUT2D eigenvalue weighted by Gasteiger charge is 2.40. The van der Waals surface area contributed by atoms with Crippen LogP contribution in [0.15, 0.2) is 82.6 Å². The Labute approximate surface area is 494 Å². The molecular weight excluding hydrogens is 1180 g/mol. The Kier molecular flexibility index (Phi) is 25.1. The van der Waals surface area contributed by atoms with Crippen molar-refractivity contribution < 1.29 is 59.8 Å². The van der Waals surface area contributed by atoms with E-state index in [0.29, 0.717) is 44.4 Å². The third-order valence-electron chi connectivity index (χ3n) is 13.8. The zero-order valence-electron chi connectivity index (χ0n) is 45.9. The van der Waals surface area contributed by atoms with E-state index in [1.807, 2.05) is 40.3 Å². The summed E-state index contributed by atoms with van der Waals surface area (Å²) in [5.74, 6) is 0.166. The minimum absolute atomic E-state index is 0.00139. The van der Waals surface area contributed by atoms with Crippen molar-refractivity contribution in [3.8, 4) is 11.5 Å². The number of hydrogen-bond donors (Lipinski definition) is 4. The molecule has 4 aromatic rings. The summed E-state index contributed by atoms with van der Waals surface area (Å²) in [6.07, 6.45) is 0.191. The first-order valence-electron chi connectivity index (χ1n) is 26.3. The fourth-order valence-electron chi connectivity index (χ4n) is 9.19. The van der Waals surface area contributed by atoms with Gasteiger partial charge in [0, 0.05) is 94.9 Å². The van der Waals surface area contributed by atoms with E-state index in [2.05, 4.69) is 29.9 Å². The van der Waals surface area contributed by atoms with Gasteiger partial charge < -0.3 is 48.9 Å². The molecule has 4 N–H and O–H groups in total. The van der Waals surface area contributed by atoms with Crippen molar-refractivity contribution in [2.75, 3.05) is 107 Å². The second kappa shape index (κ2) is 30.9. The molecule has 81 heavy (non-hydrogen) atoms. The normalized spacial score (nSPS) is 17.1. The zero-order valence-corrected chi connectivity index (χ0v) is 50.5. The van der Waals surface area contributed by atoms with Gasteiger partial charge in [-0.1, -0.05) is 46.4 Å². The van der Waals surface area contributed by atoms with Gasteiger partial charge in [-0.2, -0.15) is 0 Å². The molecule has 0 radical (unpaired) electrons. The van der Waals surface area contributed by atoms with E-state index >= 15 is 0 Å². The van der Waals surface area contributed by atoms with Crippen LogP contribution in [-0.2, 0) is 61.4 Å². The maximum atomic E-state index is 12.9. The Hall–Kier alpha value is -4.44. The van der Waals surface area contributed by atoms with E-state index < -0.39 is 42.3 Å². The number of carbonyl (C=O) groups is 2. The molecule has 0 unspecified atom stereocenters. The molecular formula is C54H71Cl4N7O14S2. The van der Waals surface area contributed by atoms with E-state index in [1.165, 1.54) is 31.2 Å². The van der Waals surface area contributed by atoms with Crippen molar-refractivity contribution in [3.63, 3.8) is 0 Å². The summed E-state index contributed by atoms with van der Waals surface area (Å²) in [4.78, 5) is 40.7. The molecule has 27 heteroatoms. The van der Waals surface area contributed by atoms with Gasteiger partial charge in [-0.25, -0.2) is 26.3 Å². The van der Waals surface area contributed by atoms with Gasteiger partial charge in [0.15, 0.2) is 0 Å². The number of likely N-dealkylation sites (N-methyl/N-ethyl adjacent to an activating group) is 2. The number of hydrogen-bond acceptors (Lipinski definition) is 16. The summed E-state index contributed by atoms with van der Waals surface area (Å²) < 4.78 is 91.4. The van der Waals surface area contributed by atoms with Crippen LogP contribution in [0.2, 0.25) is 20.1 Å². The van der Waals surface area contributed by atoms with E-state index in [4.69, 9.17) is 74.8 Å². The molecule has 0 aliphatic heterocycles. The summed E-state index contributed by atoms with van der Waals surface area (Å²) >= 11 is 25.6. The maximum absolute atomic E-state index is 12.9. The van der Waals surface area contributed by atoms with Crippen LogP contribution in [0.1, 0.15) is 67.1 Å². The van der Waals surface area contributed by atoms with Gasteiger partial charge in [-0.3, -0.25) is 19.7 Å². The van der Waals surface area contributed by atoms with Crippen LogP contribution in [-0.4, -0.2) is 168 Å². The lowest BCUT2D eigenvalue weighted by atomic mass is 9.90. The lowest BCUT2D eigenvalue weighted by Crippen LogP contribution is -2.39. The smallest absolute Gasteiger partial charge is 0.240 e. The number of amides is 2. The molecule has 0 saturated heterocycles. The Bertz CT molecular complexity index is 2790. The average Bonchev–Trinajstić information content (AvgIpc) is 4.11. The number of fused-ring (bicyclic) bond motifs is 2. The highest BCUT2D eigenvalue weighted by atomic mass is 35.5. The van der Waals surface area contributed by atoms with Crippen molar-refractivity contribution in [1.82, 2.24) is 29.9 Å². The highest BCUT2D eigenvalue weighted by Crippen LogP contribution is 2.44. The molecule has 446 valence electrons. The van der Waals surface area contributed by atoms with Crippen LogP contribution in [0.3, 0.4) is 0 Å². The predicted octanol–water partition coefficient (Wildman–Crippen LogP) is 6.66. The third-order valence-corrected chi connectivity index (χ3v) is 17.9. The first-order valence-corrected chi connectivity index (χ1v) is 30.8. The monoisotopic (exact) mass is 1250 g/mol. The van der Waals surface area contributed by atoms with Crippen LogP contribution in [0, 0.1) is 10.1 Å². The van der Waals surface area contributed by atoms with Crippen LogP contribution in [0.5, 0.6) is 11.5 Å². The second-order valence-corrected chi connectivity index (χ2v) is 25.3. The molecule has 6 rings (SSSR count). The molecule has 2 aliphatic rings. The van der Waals surface area contributed by atoms with Crippen molar-refractivity contribution in [2.24, 2.45) is 0 Å². The topological polar surface area (TPSA) is 256 Å². The first kappa shape index (κ1) is 65.7. The van der Waals surface area contributed by atoms with Crippen molar-refractivity contribution >= 4 is 78.3 Å². The fourth-order valence-corrected chi connectivity index (χ4v) is 12.4. The van der Waals surface area contributed by atoms with Gasteiger partial charge in [0.05, 0.1) is 74.7 Å². The molecule has 0 saturated carbocycles. The summed E-state index contributed by atoms with van der Waals surface area (Å²) in [5.41, 5.74) is 2.22. The van der Waals surface area contributed by atoms with Crippen LogP contribution >= 0.6 is 46.4 Å². The van der Waals surface area contributed by atoms with E-state index in [0.717, 1.165) is 22.3 Å². The molecule has 4 atom stereocenters. The minimum Gasteiger partial charge on any atom is -0.484 e. The number of nitrogens with one attached hydrogen (secondary N) is 4. The summed E-state index contributed by atoms with van der Waals surface area (Å²) in [6, 6.07) is 19.4. The highest BCUT2D eigenvalue weighted by molar-refractivity contribution is 7.89. The number of benzene rings is 4. The average molecular weight is 1250 g/mol. The molecule has 2 aliphatic carbocycles. The number of sulfonamides is 2. The molecule has 0 aromatic heterocycles. The molecule has 0 fully saturated rings. The predicted molar refractivity (Wildman–Crippen MR) is 308 cm³/mol. The van der Waals surface area contributed by atoms with Gasteiger partial charge in [0.1, 0.15) is 23.7 Å². The molecule has 0 bridgehead atoms. The number of nitro groups is 1. The molecule has 21 nitrogen and oxygen atoms in total. The molecule has 0 heterocycles. The van der Waals surface area contributed by atoms with Gasteiger partial charge in [-0.05, 0) is 125 Å². The van der Waals surface area contributed by atoms with E-state index in [9.17, 15) is 36.5 Å². The number of carbonyl (C=O) groups excluding carboxylic acids is 2. The summed E-state index contributed by atoms with van der Waals surface area (Å²) in [6.45, 7) is 2.90. The second-order valence-electron chi connectivity index (χ2n) is 20.1. The lowest BCUT2D eigenvalue weighted by Gasteiger charge is -2.27. The van der Waals surface area contributed by atoms with E-state index in [-0.39, 0.29) is 139 Å². The van der Waals surface area contributed by atoms with Gasteiger partial charge in [-0.15, -0.1) is 0 Å². The number of rotatable bonds is 35. The van der Waals surface area contributed by atoms with Crippen molar-refractivity contribution in [3.05, 3.63) is 125 Å². The summed E-state index contributed by atoms with van der Waals surface area (Å²) in [7, 11) is 0.166. The van der Waals surface area contributed by atoms with Crippen LogP contribution < -0.4 is 29.6 Å². The minimum atomic E-state index is -3.83. The quantitative estimate of drug-likeness (QED) is 0.0213. The Morgan fingerprint density at radius 1 is 0.580 bits per heavy atom. The third kappa shape index (κ3) is 19.3.